The minimum atomic E-state index is -0.488. The minimum absolute atomic E-state index is 0.0784. The van der Waals surface area contributed by atoms with Crippen molar-refractivity contribution in [2.45, 2.75) is 19.8 Å². The van der Waals surface area contributed by atoms with Gasteiger partial charge in [-0.05, 0) is 73.8 Å². The molecule has 34 heavy (non-hydrogen) atoms. The lowest BCUT2D eigenvalue weighted by molar-refractivity contribution is -0.120. The lowest BCUT2D eigenvalue weighted by atomic mass is 9.97. The molecule has 2 heterocycles. The molecule has 1 fully saturated rings. The van der Waals surface area contributed by atoms with Gasteiger partial charge in [0, 0.05) is 17.2 Å². The van der Waals surface area contributed by atoms with Crippen LogP contribution < -0.4 is 16.4 Å². The highest BCUT2D eigenvalue weighted by Gasteiger charge is 2.20. The molecule has 1 aromatic heterocycles. The van der Waals surface area contributed by atoms with Crippen LogP contribution in [0.25, 0.3) is 33.5 Å². The number of H-pyrrole nitrogens is 1. The first-order valence-electron chi connectivity index (χ1n) is 11.5. The smallest absolute Gasteiger partial charge is 0.250 e. The highest BCUT2D eigenvalue weighted by molar-refractivity contribution is 6.05. The van der Waals surface area contributed by atoms with E-state index in [4.69, 9.17) is 5.73 Å². The van der Waals surface area contributed by atoms with Crippen molar-refractivity contribution in [3.05, 3.63) is 71.8 Å². The number of aromatic amines is 1. The molecule has 5 N–H and O–H groups in total. The van der Waals surface area contributed by atoms with Crippen molar-refractivity contribution in [2.75, 3.05) is 18.4 Å². The topological polar surface area (TPSA) is 113 Å². The summed E-state index contributed by atoms with van der Waals surface area (Å²) < 4.78 is 0. The van der Waals surface area contributed by atoms with Crippen LogP contribution in [0.4, 0.5) is 5.69 Å². The number of imidazole rings is 1. The molecular formula is C27H27N5O2. The zero-order valence-corrected chi connectivity index (χ0v) is 19.0. The number of primary amides is 1. The monoisotopic (exact) mass is 453 g/mol. The molecule has 1 saturated heterocycles. The summed E-state index contributed by atoms with van der Waals surface area (Å²) in [6, 6.07) is 19.7. The molecule has 1 aliphatic rings. The molecule has 0 unspecified atom stereocenters. The number of carbonyl (C=O) groups excluding carboxylic acids is 2. The normalized spacial score (nSPS) is 14.3. The summed E-state index contributed by atoms with van der Waals surface area (Å²) in [6.45, 7) is 3.71. The largest absolute Gasteiger partial charge is 0.366 e. The number of hydrogen-bond donors (Lipinski definition) is 4. The van der Waals surface area contributed by atoms with Gasteiger partial charge in [0.2, 0.25) is 5.91 Å². The molecule has 2 amide bonds. The minimum Gasteiger partial charge on any atom is -0.366 e. The fraction of sp³-hybridized carbons (Fsp3) is 0.222. The van der Waals surface area contributed by atoms with Gasteiger partial charge in [-0.25, -0.2) is 4.98 Å². The number of rotatable bonds is 5. The molecule has 0 spiro atoms. The zero-order valence-electron chi connectivity index (χ0n) is 19.0. The maximum absolute atomic E-state index is 12.5. The van der Waals surface area contributed by atoms with E-state index in [1.165, 1.54) is 0 Å². The van der Waals surface area contributed by atoms with Gasteiger partial charge in [-0.15, -0.1) is 0 Å². The molecule has 0 aliphatic carbocycles. The highest BCUT2D eigenvalue weighted by Crippen LogP contribution is 2.28. The standard InChI is InChI=1S/C27H27N5O2/c1-16-14-22(25(28)33)24-23(15-16)31-26(32-24)19-4-2-17(3-5-19)18-6-8-21(9-7-18)30-27(34)20-10-12-29-13-11-20/h2-9,14-15,20,29H,10-13H2,1H3,(H2,28,33)(H,30,34)(H,31,32). The Kier molecular flexibility index (Phi) is 5.86. The van der Waals surface area contributed by atoms with Crippen molar-refractivity contribution in [2.24, 2.45) is 11.7 Å². The van der Waals surface area contributed by atoms with Crippen molar-refractivity contribution in [3.63, 3.8) is 0 Å². The van der Waals surface area contributed by atoms with Gasteiger partial charge in [0.25, 0.3) is 5.91 Å². The number of aryl methyl sites for hydroxylation is 1. The Hall–Kier alpha value is -3.97. The first kappa shape index (κ1) is 21.9. The van der Waals surface area contributed by atoms with Crippen LogP contribution in [0.15, 0.2) is 60.7 Å². The molecule has 4 aromatic rings. The Labute approximate surface area is 197 Å². The van der Waals surface area contributed by atoms with E-state index in [0.29, 0.717) is 16.9 Å². The average molecular weight is 454 g/mol. The third kappa shape index (κ3) is 4.43. The van der Waals surface area contributed by atoms with E-state index in [0.717, 1.165) is 59.4 Å². The van der Waals surface area contributed by atoms with Crippen LogP contribution in [0.1, 0.15) is 28.8 Å². The number of benzene rings is 3. The second-order valence-electron chi connectivity index (χ2n) is 8.83. The predicted octanol–water partition coefficient (Wildman–Crippen LogP) is 4.24. The maximum atomic E-state index is 12.5. The number of nitrogens with two attached hydrogens (primary N) is 1. The predicted molar refractivity (Wildman–Crippen MR) is 134 cm³/mol. The van der Waals surface area contributed by atoms with E-state index in [1.807, 2.05) is 61.5 Å². The first-order chi connectivity index (χ1) is 16.5. The summed E-state index contributed by atoms with van der Waals surface area (Å²) in [5.41, 5.74) is 12.1. The Bertz CT molecular complexity index is 1350. The molecule has 0 atom stereocenters. The van der Waals surface area contributed by atoms with Crippen LogP contribution in [-0.4, -0.2) is 34.9 Å². The number of anilines is 1. The molecule has 0 saturated carbocycles. The fourth-order valence-electron chi connectivity index (χ4n) is 4.48. The summed E-state index contributed by atoms with van der Waals surface area (Å²) in [5.74, 6) is 0.372. The van der Waals surface area contributed by atoms with Crippen molar-refractivity contribution >= 4 is 28.5 Å². The van der Waals surface area contributed by atoms with Crippen LogP contribution in [0.3, 0.4) is 0 Å². The van der Waals surface area contributed by atoms with Crippen LogP contribution in [0.2, 0.25) is 0 Å². The van der Waals surface area contributed by atoms with Gasteiger partial charge in [-0.3, -0.25) is 9.59 Å². The lowest BCUT2D eigenvalue weighted by Gasteiger charge is -2.21. The summed E-state index contributed by atoms with van der Waals surface area (Å²) in [7, 11) is 0. The molecule has 1 aliphatic heterocycles. The SMILES string of the molecule is Cc1cc(C(N)=O)c2nc(-c3ccc(-c4ccc(NC(=O)C5CCNCC5)cc4)cc3)[nH]c2c1. The average Bonchev–Trinajstić information content (AvgIpc) is 3.28. The molecule has 0 bridgehead atoms. The van der Waals surface area contributed by atoms with E-state index in [9.17, 15) is 9.59 Å². The number of nitrogens with zero attached hydrogens (tertiary/aromatic N) is 1. The van der Waals surface area contributed by atoms with Crippen molar-refractivity contribution in [1.82, 2.24) is 15.3 Å². The second kappa shape index (κ2) is 9.11. The van der Waals surface area contributed by atoms with Crippen LogP contribution >= 0.6 is 0 Å². The molecule has 7 heteroatoms. The van der Waals surface area contributed by atoms with Gasteiger partial charge in [0.1, 0.15) is 11.3 Å². The number of nitrogens with one attached hydrogen (secondary N) is 3. The lowest BCUT2D eigenvalue weighted by Crippen LogP contribution is -2.34. The van der Waals surface area contributed by atoms with Crippen molar-refractivity contribution < 1.29 is 9.59 Å². The molecule has 5 rings (SSSR count). The summed E-state index contributed by atoms with van der Waals surface area (Å²) >= 11 is 0. The Morgan fingerprint density at radius 3 is 2.21 bits per heavy atom. The maximum Gasteiger partial charge on any atom is 0.250 e. The van der Waals surface area contributed by atoms with E-state index in [-0.39, 0.29) is 11.8 Å². The van der Waals surface area contributed by atoms with E-state index < -0.39 is 5.91 Å². The van der Waals surface area contributed by atoms with E-state index >= 15 is 0 Å². The van der Waals surface area contributed by atoms with Crippen LogP contribution in [0.5, 0.6) is 0 Å². The Balaban J connectivity index is 1.33. The highest BCUT2D eigenvalue weighted by atomic mass is 16.2. The number of piperidine rings is 1. The van der Waals surface area contributed by atoms with Gasteiger partial charge >= 0.3 is 0 Å². The van der Waals surface area contributed by atoms with E-state index in [2.05, 4.69) is 20.6 Å². The Morgan fingerprint density at radius 2 is 1.56 bits per heavy atom. The number of hydrogen-bond acceptors (Lipinski definition) is 4. The zero-order chi connectivity index (χ0) is 23.7. The third-order valence-corrected chi connectivity index (χ3v) is 6.35. The van der Waals surface area contributed by atoms with Gasteiger partial charge in [-0.2, -0.15) is 0 Å². The summed E-state index contributed by atoms with van der Waals surface area (Å²) in [6.07, 6.45) is 1.76. The molecule has 0 radical (unpaired) electrons. The van der Waals surface area contributed by atoms with E-state index in [1.54, 1.807) is 6.07 Å². The fourth-order valence-corrected chi connectivity index (χ4v) is 4.48. The van der Waals surface area contributed by atoms with Crippen molar-refractivity contribution in [3.8, 4) is 22.5 Å². The number of fused-ring (bicyclic) bond motifs is 1. The molecular weight excluding hydrogens is 426 g/mol. The van der Waals surface area contributed by atoms with Gasteiger partial charge in [-0.1, -0.05) is 36.4 Å². The molecule has 172 valence electrons. The molecule has 7 nitrogen and oxygen atoms in total. The summed E-state index contributed by atoms with van der Waals surface area (Å²) in [4.78, 5) is 32.2. The van der Waals surface area contributed by atoms with Crippen LogP contribution in [0, 0.1) is 12.8 Å². The Morgan fingerprint density at radius 1 is 0.941 bits per heavy atom. The van der Waals surface area contributed by atoms with Crippen molar-refractivity contribution in [1.29, 1.82) is 0 Å². The summed E-state index contributed by atoms with van der Waals surface area (Å²) in [5, 5.41) is 6.32. The number of amides is 2. The van der Waals surface area contributed by atoms with Gasteiger partial charge in [0.05, 0.1) is 11.1 Å². The second-order valence-corrected chi connectivity index (χ2v) is 8.83. The quantitative estimate of drug-likeness (QED) is 0.362. The first-order valence-corrected chi connectivity index (χ1v) is 11.5. The molecule has 3 aromatic carbocycles. The third-order valence-electron chi connectivity index (χ3n) is 6.35. The number of carbonyl (C=O) groups is 2. The van der Waals surface area contributed by atoms with Gasteiger partial charge < -0.3 is 21.4 Å². The number of aromatic nitrogens is 2. The van der Waals surface area contributed by atoms with Gasteiger partial charge in [0.15, 0.2) is 0 Å². The van der Waals surface area contributed by atoms with Crippen LogP contribution in [-0.2, 0) is 4.79 Å².